The summed E-state index contributed by atoms with van der Waals surface area (Å²) in [6.45, 7) is 13.2. The van der Waals surface area contributed by atoms with E-state index in [2.05, 4.69) is 18.6 Å². The summed E-state index contributed by atoms with van der Waals surface area (Å²) < 4.78 is 46.5. The smallest absolute Gasteiger partial charge is 0.422 e. The number of aliphatic imine (C=N–C) groups is 1. The zero-order valence-electron chi connectivity index (χ0n) is 22.6. The summed E-state index contributed by atoms with van der Waals surface area (Å²) in [5.74, 6) is 1.42. The molecule has 2 aromatic carbocycles. The van der Waals surface area contributed by atoms with Gasteiger partial charge in [0.2, 0.25) is 0 Å². The number of rotatable bonds is 5. The van der Waals surface area contributed by atoms with Gasteiger partial charge in [-0.3, -0.25) is 9.71 Å². The molecule has 0 atom stereocenters. The first-order chi connectivity index (χ1) is 17.0. The van der Waals surface area contributed by atoms with Crippen LogP contribution in [0.3, 0.4) is 0 Å². The molecule has 0 aliphatic carbocycles. The third-order valence-corrected chi connectivity index (χ3v) is 6.85. The van der Waals surface area contributed by atoms with E-state index in [1.807, 2.05) is 30.7 Å². The standard InChI is InChI=1S/C27H35N3O6S/c1-25(2,3)36-24(31)30-37(32,33)29-18-11-9-10-16(12-18)22-21-17(14-26(4,5)28-22)13-20(34-8)23-19(21)15-27(6,7)35-23/h9-13,29H,14-15H2,1-8H3,(H,30,31). The van der Waals surface area contributed by atoms with Crippen molar-refractivity contribution in [3.8, 4) is 11.5 Å². The number of fused-ring (bicyclic) bond motifs is 3. The average molecular weight is 530 g/mol. The molecule has 200 valence electrons. The van der Waals surface area contributed by atoms with Gasteiger partial charge in [-0.1, -0.05) is 12.1 Å². The molecule has 10 heteroatoms. The molecule has 0 aromatic heterocycles. The number of nitrogens with one attached hydrogen (secondary N) is 2. The summed E-state index contributed by atoms with van der Waals surface area (Å²) in [6.07, 6.45) is 0.353. The number of methoxy groups -OCH3 is 1. The lowest BCUT2D eigenvalue weighted by Gasteiger charge is -2.31. The summed E-state index contributed by atoms with van der Waals surface area (Å²) >= 11 is 0. The Balaban J connectivity index is 1.73. The molecule has 0 fully saturated rings. The van der Waals surface area contributed by atoms with E-state index in [4.69, 9.17) is 19.2 Å². The SMILES string of the molecule is COc1cc2c(c3c1OC(C)(C)C3)C(c1cccc(NS(=O)(=O)NC(=O)OC(C)(C)C)c1)=NC(C)(C)C2. The van der Waals surface area contributed by atoms with E-state index in [9.17, 15) is 13.2 Å². The molecule has 37 heavy (non-hydrogen) atoms. The largest absolute Gasteiger partial charge is 0.493 e. The van der Waals surface area contributed by atoms with Crippen molar-refractivity contribution in [1.29, 1.82) is 0 Å². The van der Waals surface area contributed by atoms with Crippen molar-refractivity contribution in [1.82, 2.24) is 4.72 Å². The predicted octanol–water partition coefficient (Wildman–Crippen LogP) is 4.76. The summed E-state index contributed by atoms with van der Waals surface area (Å²) in [4.78, 5) is 17.1. The monoisotopic (exact) mass is 529 g/mol. The number of amides is 1. The third kappa shape index (κ3) is 6.01. The fourth-order valence-corrected chi connectivity index (χ4v) is 5.50. The quantitative estimate of drug-likeness (QED) is 0.577. The van der Waals surface area contributed by atoms with Crippen molar-refractivity contribution >= 4 is 27.7 Å². The summed E-state index contributed by atoms with van der Waals surface area (Å²) in [7, 11) is -2.58. The van der Waals surface area contributed by atoms with Crippen LogP contribution in [0.25, 0.3) is 0 Å². The van der Waals surface area contributed by atoms with Crippen LogP contribution in [-0.4, -0.2) is 44.1 Å². The Bertz CT molecular complexity index is 1390. The molecule has 2 aliphatic rings. The molecule has 4 rings (SSSR count). The van der Waals surface area contributed by atoms with Gasteiger partial charge in [-0.15, -0.1) is 0 Å². The Labute approximate surface area is 218 Å². The number of ether oxygens (including phenoxy) is 3. The van der Waals surface area contributed by atoms with Gasteiger partial charge in [0.15, 0.2) is 11.5 Å². The van der Waals surface area contributed by atoms with Gasteiger partial charge < -0.3 is 14.2 Å². The highest BCUT2D eigenvalue weighted by Gasteiger charge is 2.39. The van der Waals surface area contributed by atoms with Crippen LogP contribution in [0.5, 0.6) is 11.5 Å². The lowest BCUT2D eigenvalue weighted by Crippen LogP contribution is -2.39. The summed E-state index contributed by atoms with van der Waals surface area (Å²) in [6, 6.07) is 8.96. The number of anilines is 1. The van der Waals surface area contributed by atoms with Gasteiger partial charge in [-0.2, -0.15) is 8.42 Å². The minimum atomic E-state index is -4.22. The maximum atomic E-state index is 12.6. The van der Waals surface area contributed by atoms with Gasteiger partial charge >= 0.3 is 16.3 Å². The van der Waals surface area contributed by atoms with Crippen LogP contribution in [-0.2, 0) is 27.8 Å². The molecule has 0 radical (unpaired) electrons. The van der Waals surface area contributed by atoms with Crippen molar-refractivity contribution in [2.45, 2.75) is 78.0 Å². The van der Waals surface area contributed by atoms with Crippen LogP contribution < -0.4 is 18.9 Å². The molecule has 2 aromatic rings. The molecule has 0 bridgehead atoms. The van der Waals surface area contributed by atoms with Crippen LogP contribution >= 0.6 is 0 Å². The average Bonchev–Trinajstić information content (AvgIpc) is 3.04. The molecule has 9 nitrogen and oxygen atoms in total. The lowest BCUT2D eigenvalue weighted by molar-refractivity contribution is 0.0570. The Morgan fingerprint density at radius 3 is 2.46 bits per heavy atom. The first-order valence-corrected chi connectivity index (χ1v) is 13.6. The minimum absolute atomic E-state index is 0.280. The zero-order chi connectivity index (χ0) is 27.4. The Hall–Kier alpha value is -3.27. The molecule has 0 saturated carbocycles. The lowest BCUT2D eigenvalue weighted by atomic mass is 9.81. The first-order valence-electron chi connectivity index (χ1n) is 12.1. The van der Waals surface area contributed by atoms with Gasteiger partial charge in [-0.25, -0.2) is 9.52 Å². The van der Waals surface area contributed by atoms with Crippen LogP contribution in [0.4, 0.5) is 10.5 Å². The number of carbonyl (C=O) groups is 1. The maximum Gasteiger partial charge on any atom is 0.422 e. The second-order valence-electron chi connectivity index (χ2n) is 11.7. The van der Waals surface area contributed by atoms with Crippen molar-refractivity contribution in [2.75, 3.05) is 11.8 Å². The number of hydrogen-bond donors (Lipinski definition) is 2. The van der Waals surface area contributed by atoms with E-state index in [1.54, 1.807) is 46.1 Å². The van der Waals surface area contributed by atoms with Gasteiger partial charge in [0, 0.05) is 23.1 Å². The van der Waals surface area contributed by atoms with Crippen molar-refractivity contribution in [2.24, 2.45) is 4.99 Å². The van der Waals surface area contributed by atoms with Gasteiger partial charge in [0.05, 0.1) is 24.0 Å². The van der Waals surface area contributed by atoms with E-state index < -0.39 is 27.5 Å². The molecule has 0 saturated heterocycles. The highest BCUT2D eigenvalue weighted by Crippen LogP contribution is 2.47. The first kappa shape index (κ1) is 26.8. The number of carbonyl (C=O) groups excluding carboxylic acids is 1. The van der Waals surface area contributed by atoms with Crippen LogP contribution in [0, 0.1) is 0 Å². The van der Waals surface area contributed by atoms with E-state index >= 15 is 0 Å². The van der Waals surface area contributed by atoms with Crippen molar-refractivity contribution < 1.29 is 27.4 Å². The molecule has 2 N–H and O–H groups in total. The maximum absolute atomic E-state index is 12.6. The van der Waals surface area contributed by atoms with Crippen molar-refractivity contribution in [3.63, 3.8) is 0 Å². The fourth-order valence-electron chi connectivity index (χ4n) is 4.75. The Morgan fingerprint density at radius 1 is 1.11 bits per heavy atom. The highest BCUT2D eigenvalue weighted by atomic mass is 32.2. The van der Waals surface area contributed by atoms with E-state index in [1.165, 1.54) is 0 Å². The molecular weight excluding hydrogens is 494 g/mol. The van der Waals surface area contributed by atoms with Gasteiger partial charge in [-0.05, 0) is 78.6 Å². The molecule has 0 unspecified atom stereocenters. The van der Waals surface area contributed by atoms with E-state index in [0.29, 0.717) is 12.2 Å². The van der Waals surface area contributed by atoms with Gasteiger partial charge in [0.25, 0.3) is 0 Å². The Kier molecular flexibility index (Phi) is 6.47. The van der Waals surface area contributed by atoms with E-state index in [-0.39, 0.29) is 11.2 Å². The molecule has 1 amide bonds. The number of hydrogen-bond acceptors (Lipinski definition) is 7. The third-order valence-electron chi connectivity index (χ3n) is 5.91. The number of benzene rings is 2. The molecule has 2 aliphatic heterocycles. The van der Waals surface area contributed by atoms with Gasteiger partial charge in [0.1, 0.15) is 11.2 Å². The second-order valence-corrected chi connectivity index (χ2v) is 13.1. The summed E-state index contributed by atoms with van der Waals surface area (Å²) in [5, 5.41) is 0. The zero-order valence-corrected chi connectivity index (χ0v) is 23.4. The normalized spacial score (nSPS) is 17.6. The fraction of sp³-hybridized carbons (Fsp3) is 0.481. The van der Waals surface area contributed by atoms with Crippen molar-refractivity contribution in [3.05, 3.63) is 52.6 Å². The highest BCUT2D eigenvalue weighted by molar-refractivity contribution is 7.91. The van der Waals surface area contributed by atoms with E-state index in [0.717, 1.165) is 40.1 Å². The Morgan fingerprint density at radius 2 is 1.81 bits per heavy atom. The van der Waals surface area contributed by atoms with Crippen LogP contribution in [0.2, 0.25) is 0 Å². The second kappa shape index (κ2) is 8.93. The summed E-state index contributed by atoms with van der Waals surface area (Å²) in [5.41, 5.74) is 3.29. The molecule has 0 spiro atoms. The topological polar surface area (TPSA) is 115 Å². The molecular formula is C27H35N3O6S. The van der Waals surface area contributed by atoms with Crippen LogP contribution in [0.15, 0.2) is 35.3 Å². The van der Waals surface area contributed by atoms with Crippen LogP contribution in [0.1, 0.15) is 70.7 Å². The molecule has 2 heterocycles. The minimum Gasteiger partial charge on any atom is -0.493 e. The predicted molar refractivity (Wildman–Crippen MR) is 143 cm³/mol. The number of nitrogens with zero attached hydrogens (tertiary/aromatic N) is 1.